The molecule has 0 aliphatic heterocycles. The van der Waals surface area contributed by atoms with Crippen molar-refractivity contribution in [1.29, 1.82) is 0 Å². The molecule has 0 saturated carbocycles. The third kappa shape index (κ3) is 3.80. The van der Waals surface area contributed by atoms with Crippen molar-refractivity contribution in [3.63, 3.8) is 0 Å². The molecule has 0 amide bonds. The molecule has 1 rings (SSSR count). The lowest BCUT2D eigenvalue weighted by Gasteiger charge is -2.03. The zero-order valence-electron chi connectivity index (χ0n) is 10.2. The summed E-state index contributed by atoms with van der Waals surface area (Å²) in [5, 5.41) is 0. The molecular weight excluding hydrogens is 257 g/mol. The fourth-order valence-corrected chi connectivity index (χ4v) is 4.72. The minimum atomic E-state index is -3.42. The van der Waals surface area contributed by atoms with E-state index in [1.165, 1.54) is 0 Å². The van der Waals surface area contributed by atoms with Crippen LogP contribution in [0.4, 0.5) is 0 Å². The average molecular weight is 274 g/mol. The smallest absolute Gasteiger partial charge is 0.275 e. The summed E-state index contributed by atoms with van der Waals surface area (Å²) in [7, 11) is -2.64. The normalized spacial score (nSPS) is 12.5. The van der Waals surface area contributed by atoms with Gasteiger partial charge in [0.25, 0.3) is 10.0 Å². The molecule has 1 atom stereocenters. The Morgan fingerprint density at radius 1 is 1.35 bits per heavy atom. The van der Waals surface area contributed by atoms with E-state index >= 15 is 0 Å². The maximum absolute atomic E-state index is 12.0. The van der Waals surface area contributed by atoms with Crippen LogP contribution in [-0.2, 0) is 10.0 Å². The maximum Gasteiger partial charge on any atom is 0.275 e. The SMILES string of the molecule is CC=[P+](CC)NS(=O)(=O)c1ccc(OC)cc1. The van der Waals surface area contributed by atoms with Crippen molar-refractivity contribution in [2.45, 2.75) is 18.7 Å². The number of benzene rings is 1. The van der Waals surface area contributed by atoms with E-state index in [2.05, 4.69) is 4.49 Å². The van der Waals surface area contributed by atoms with Gasteiger partial charge in [-0.15, -0.1) is 0 Å². The third-order valence-electron chi connectivity index (χ3n) is 2.26. The molecule has 0 aliphatic carbocycles. The van der Waals surface area contributed by atoms with E-state index in [0.717, 1.165) is 6.16 Å². The van der Waals surface area contributed by atoms with Gasteiger partial charge < -0.3 is 4.74 Å². The first-order chi connectivity index (χ1) is 8.03. The highest BCUT2D eigenvalue weighted by atomic mass is 32.2. The molecule has 1 N–H and O–H groups in total. The van der Waals surface area contributed by atoms with E-state index < -0.39 is 17.7 Å². The van der Waals surface area contributed by atoms with E-state index in [9.17, 15) is 8.42 Å². The predicted octanol–water partition coefficient (Wildman–Crippen LogP) is 2.21. The Bertz CT molecular complexity index is 494. The molecule has 0 heterocycles. The van der Waals surface area contributed by atoms with Crippen LogP contribution in [0.3, 0.4) is 0 Å². The summed E-state index contributed by atoms with van der Waals surface area (Å²) >= 11 is 0. The van der Waals surface area contributed by atoms with E-state index in [-0.39, 0.29) is 4.90 Å². The number of sulfonamides is 1. The van der Waals surface area contributed by atoms with Crippen molar-refractivity contribution < 1.29 is 13.2 Å². The van der Waals surface area contributed by atoms with Crippen LogP contribution in [0.25, 0.3) is 0 Å². The Labute approximate surface area is 103 Å². The molecule has 94 valence electrons. The molecule has 0 radical (unpaired) electrons. The molecule has 6 heteroatoms. The number of nitrogens with one attached hydrogen (secondary N) is 1. The summed E-state index contributed by atoms with van der Waals surface area (Å²) in [5.41, 5.74) is 0. The van der Waals surface area contributed by atoms with Gasteiger partial charge >= 0.3 is 0 Å². The first-order valence-corrected chi connectivity index (χ1v) is 8.34. The third-order valence-corrected chi connectivity index (χ3v) is 6.36. The molecule has 0 saturated heterocycles. The van der Waals surface area contributed by atoms with Crippen LogP contribution in [-0.4, -0.2) is 27.5 Å². The summed E-state index contributed by atoms with van der Waals surface area (Å²) in [6.45, 7) is 3.83. The van der Waals surface area contributed by atoms with Gasteiger partial charge in [-0.1, -0.05) is 0 Å². The maximum atomic E-state index is 12.0. The Kier molecular flexibility index (Phi) is 5.12. The van der Waals surface area contributed by atoms with Crippen LogP contribution in [0, 0.1) is 0 Å². The Balaban J connectivity index is 2.97. The highest BCUT2D eigenvalue weighted by Gasteiger charge is 2.21. The van der Waals surface area contributed by atoms with E-state index in [4.69, 9.17) is 4.74 Å². The van der Waals surface area contributed by atoms with Gasteiger partial charge in [0.15, 0.2) is 7.70 Å². The van der Waals surface area contributed by atoms with E-state index in [1.54, 1.807) is 31.4 Å². The number of ether oxygens (including phenoxy) is 1. The fraction of sp³-hybridized carbons (Fsp3) is 0.364. The van der Waals surface area contributed by atoms with Crippen molar-refractivity contribution in [2.24, 2.45) is 0 Å². The standard InChI is InChI=1S/C11H17NO3PS/c1-4-16(5-2)12-17(13,14)11-8-6-10(15-3)7-9-11/h4,6-9,12H,5H2,1-3H3/q+1. The first kappa shape index (κ1) is 14.2. The lowest BCUT2D eigenvalue weighted by Crippen LogP contribution is -2.17. The summed E-state index contributed by atoms with van der Waals surface area (Å²) in [6, 6.07) is 6.36. The molecule has 0 aromatic heterocycles. The number of hydrogen-bond acceptors (Lipinski definition) is 3. The number of methoxy groups -OCH3 is 1. The first-order valence-electron chi connectivity index (χ1n) is 5.26. The Morgan fingerprint density at radius 2 is 1.94 bits per heavy atom. The Morgan fingerprint density at radius 3 is 2.35 bits per heavy atom. The van der Waals surface area contributed by atoms with Crippen LogP contribution in [0.2, 0.25) is 0 Å². The van der Waals surface area contributed by atoms with Gasteiger partial charge in [-0.2, -0.15) is 0 Å². The Hall–Kier alpha value is -0.900. The van der Waals surface area contributed by atoms with Crippen molar-refractivity contribution >= 4 is 23.5 Å². The molecule has 1 aromatic rings. The molecule has 17 heavy (non-hydrogen) atoms. The van der Waals surface area contributed by atoms with E-state index in [0.29, 0.717) is 5.75 Å². The van der Waals surface area contributed by atoms with Gasteiger partial charge in [-0.05, 0) is 42.6 Å². The largest absolute Gasteiger partial charge is 0.497 e. The quantitative estimate of drug-likeness (QED) is 0.838. The van der Waals surface area contributed by atoms with Crippen LogP contribution in [0.5, 0.6) is 5.75 Å². The molecule has 1 unspecified atom stereocenters. The molecular formula is C11H17NO3PS+. The lowest BCUT2D eigenvalue weighted by molar-refractivity contribution is 0.414. The monoisotopic (exact) mass is 274 g/mol. The van der Waals surface area contributed by atoms with Gasteiger partial charge in [0.05, 0.1) is 12.0 Å². The van der Waals surface area contributed by atoms with Crippen LogP contribution >= 0.6 is 7.70 Å². The van der Waals surface area contributed by atoms with Gasteiger partial charge in [0.1, 0.15) is 17.7 Å². The van der Waals surface area contributed by atoms with Crippen LogP contribution in [0.1, 0.15) is 13.8 Å². The lowest BCUT2D eigenvalue weighted by atomic mass is 10.3. The summed E-state index contributed by atoms with van der Waals surface area (Å²) in [4.78, 5) is 0.265. The second-order valence-electron chi connectivity index (χ2n) is 3.31. The average Bonchev–Trinajstić information content (AvgIpc) is 2.36. The molecule has 0 aliphatic rings. The van der Waals surface area contributed by atoms with Gasteiger partial charge in [-0.25, -0.2) is 8.42 Å². The minimum absolute atomic E-state index is 0.265. The molecule has 0 fully saturated rings. The topological polar surface area (TPSA) is 55.4 Å². The zero-order valence-corrected chi connectivity index (χ0v) is 11.9. The van der Waals surface area contributed by atoms with Crippen molar-refractivity contribution in [2.75, 3.05) is 13.3 Å². The summed E-state index contributed by atoms with van der Waals surface area (Å²) < 4.78 is 31.7. The van der Waals surface area contributed by atoms with Crippen molar-refractivity contribution in [3.05, 3.63) is 24.3 Å². The number of hydrogen-bond donors (Lipinski definition) is 1. The van der Waals surface area contributed by atoms with Gasteiger partial charge in [-0.3, -0.25) is 0 Å². The van der Waals surface area contributed by atoms with Crippen molar-refractivity contribution in [3.8, 4) is 5.75 Å². The van der Waals surface area contributed by atoms with Crippen LogP contribution in [0.15, 0.2) is 29.2 Å². The van der Waals surface area contributed by atoms with E-state index in [1.807, 2.05) is 19.6 Å². The fourth-order valence-electron chi connectivity index (χ4n) is 1.26. The highest BCUT2D eigenvalue weighted by Crippen LogP contribution is 2.22. The van der Waals surface area contributed by atoms with Crippen LogP contribution < -0.4 is 9.23 Å². The summed E-state index contributed by atoms with van der Waals surface area (Å²) in [6.07, 6.45) is 0.793. The second kappa shape index (κ2) is 6.15. The molecule has 0 bridgehead atoms. The number of rotatable bonds is 5. The molecule has 4 nitrogen and oxygen atoms in total. The zero-order chi connectivity index (χ0) is 12.9. The minimum Gasteiger partial charge on any atom is -0.497 e. The molecule has 1 aromatic carbocycles. The summed E-state index contributed by atoms with van der Waals surface area (Å²) in [5.74, 6) is 2.54. The second-order valence-corrected chi connectivity index (χ2v) is 7.61. The predicted molar refractivity (Wildman–Crippen MR) is 72.5 cm³/mol. The van der Waals surface area contributed by atoms with Gasteiger partial charge in [0.2, 0.25) is 0 Å². The highest BCUT2D eigenvalue weighted by molar-refractivity contribution is 7.95. The van der Waals surface area contributed by atoms with Gasteiger partial charge in [0, 0.05) is 0 Å². The van der Waals surface area contributed by atoms with Crippen molar-refractivity contribution in [1.82, 2.24) is 4.49 Å². The molecule has 0 spiro atoms.